The predicted molar refractivity (Wildman–Crippen MR) is 65.9 cm³/mol. The Morgan fingerprint density at radius 3 is 2.47 bits per heavy atom. The molecule has 0 bridgehead atoms. The first-order chi connectivity index (χ1) is 8.26. The molecule has 3 N–H and O–H groups in total. The van der Waals surface area contributed by atoms with E-state index in [9.17, 15) is 0 Å². The van der Waals surface area contributed by atoms with Gasteiger partial charge in [-0.25, -0.2) is 5.43 Å². The van der Waals surface area contributed by atoms with Gasteiger partial charge in [-0.15, -0.1) is 0 Å². The molecule has 0 amide bonds. The van der Waals surface area contributed by atoms with Crippen LogP contribution in [0.4, 0.5) is 0 Å². The van der Waals surface area contributed by atoms with Crippen molar-refractivity contribution >= 4 is 11.6 Å². The fraction of sp³-hybridized carbons (Fsp3) is 0.167. The number of benzene rings is 1. The predicted octanol–water partition coefficient (Wildman–Crippen LogP) is 2.49. The van der Waals surface area contributed by atoms with Crippen LogP contribution in [-0.2, 0) is 0 Å². The molecule has 0 aliphatic heterocycles. The number of nitrogens with one attached hydrogen (secondary N) is 1. The summed E-state index contributed by atoms with van der Waals surface area (Å²) in [6, 6.07) is 9.17. The van der Waals surface area contributed by atoms with Gasteiger partial charge in [0.05, 0.1) is 19.4 Å². The molecule has 1 aromatic carbocycles. The summed E-state index contributed by atoms with van der Waals surface area (Å²) in [5, 5.41) is 0.337. The molecule has 1 unspecified atom stereocenters. The molecule has 17 heavy (non-hydrogen) atoms. The smallest absolute Gasteiger partial charge is 0.198 e. The molecule has 1 heterocycles. The number of methoxy groups -OCH3 is 1. The van der Waals surface area contributed by atoms with Crippen molar-refractivity contribution in [3.05, 3.63) is 52.9 Å². The van der Waals surface area contributed by atoms with Gasteiger partial charge in [0, 0.05) is 5.56 Å². The Bertz CT molecular complexity index is 482. The minimum atomic E-state index is -0.202. The van der Waals surface area contributed by atoms with Crippen molar-refractivity contribution in [2.45, 2.75) is 6.04 Å². The molecule has 0 aliphatic rings. The highest BCUT2D eigenvalue weighted by molar-refractivity contribution is 6.29. The zero-order chi connectivity index (χ0) is 12.3. The van der Waals surface area contributed by atoms with E-state index >= 15 is 0 Å². The molecule has 2 rings (SSSR count). The number of hydrogen-bond donors (Lipinski definition) is 2. The largest absolute Gasteiger partial charge is 0.497 e. The number of furan rings is 1. The fourth-order valence-corrected chi connectivity index (χ4v) is 1.90. The fourth-order valence-electron chi connectivity index (χ4n) is 1.67. The number of nitrogens with two attached hydrogens (primary N) is 1. The average molecular weight is 253 g/mol. The summed E-state index contributed by atoms with van der Waals surface area (Å²) in [6.45, 7) is 0. The second-order valence-corrected chi connectivity index (χ2v) is 3.87. The van der Waals surface area contributed by atoms with Crippen LogP contribution in [-0.4, -0.2) is 7.11 Å². The Balaban J connectivity index is 2.32. The van der Waals surface area contributed by atoms with Gasteiger partial charge >= 0.3 is 0 Å². The van der Waals surface area contributed by atoms with E-state index in [0.29, 0.717) is 5.22 Å². The first-order valence-corrected chi connectivity index (χ1v) is 5.47. The van der Waals surface area contributed by atoms with Crippen LogP contribution in [0.25, 0.3) is 0 Å². The number of hydrazine groups is 1. The Morgan fingerprint density at radius 2 is 2.00 bits per heavy atom. The summed E-state index contributed by atoms with van der Waals surface area (Å²) in [7, 11) is 1.63. The van der Waals surface area contributed by atoms with E-state index in [1.165, 1.54) is 6.26 Å². The summed E-state index contributed by atoms with van der Waals surface area (Å²) in [4.78, 5) is 0. The average Bonchev–Trinajstić information content (AvgIpc) is 2.78. The van der Waals surface area contributed by atoms with Crippen molar-refractivity contribution in [2.75, 3.05) is 7.11 Å². The summed E-state index contributed by atoms with van der Waals surface area (Å²) >= 11 is 5.93. The van der Waals surface area contributed by atoms with E-state index in [0.717, 1.165) is 16.9 Å². The van der Waals surface area contributed by atoms with Gasteiger partial charge in [0.2, 0.25) is 0 Å². The topological polar surface area (TPSA) is 60.4 Å². The van der Waals surface area contributed by atoms with Gasteiger partial charge in [-0.2, -0.15) is 0 Å². The van der Waals surface area contributed by atoms with E-state index < -0.39 is 0 Å². The van der Waals surface area contributed by atoms with E-state index in [1.807, 2.05) is 24.3 Å². The lowest BCUT2D eigenvalue weighted by Gasteiger charge is -2.15. The van der Waals surface area contributed by atoms with E-state index in [1.54, 1.807) is 13.2 Å². The molecule has 2 aromatic rings. The zero-order valence-corrected chi connectivity index (χ0v) is 10.1. The minimum Gasteiger partial charge on any atom is -0.497 e. The Labute approximate surface area is 104 Å². The molecule has 0 saturated carbocycles. The summed E-state index contributed by atoms with van der Waals surface area (Å²) in [5.74, 6) is 6.35. The van der Waals surface area contributed by atoms with Crippen molar-refractivity contribution in [3.63, 3.8) is 0 Å². The third-order valence-electron chi connectivity index (χ3n) is 2.57. The zero-order valence-electron chi connectivity index (χ0n) is 9.31. The lowest BCUT2D eigenvalue weighted by Crippen LogP contribution is -2.28. The summed E-state index contributed by atoms with van der Waals surface area (Å²) in [5.41, 5.74) is 4.50. The van der Waals surface area contributed by atoms with Gasteiger partial charge in [0.25, 0.3) is 0 Å². The van der Waals surface area contributed by atoms with Crippen molar-refractivity contribution in [3.8, 4) is 5.75 Å². The van der Waals surface area contributed by atoms with E-state index in [-0.39, 0.29) is 6.04 Å². The maximum Gasteiger partial charge on any atom is 0.198 e. The lowest BCUT2D eigenvalue weighted by atomic mass is 10.0. The highest BCUT2D eigenvalue weighted by Crippen LogP contribution is 2.29. The van der Waals surface area contributed by atoms with E-state index in [2.05, 4.69) is 5.43 Å². The maximum atomic E-state index is 5.93. The van der Waals surface area contributed by atoms with Gasteiger partial charge < -0.3 is 9.15 Å². The molecule has 1 atom stereocenters. The second-order valence-electron chi connectivity index (χ2n) is 3.52. The second kappa shape index (κ2) is 5.23. The van der Waals surface area contributed by atoms with Crippen molar-refractivity contribution in [2.24, 2.45) is 5.84 Å². The van der Waals surface area contributed by atoms with Crippen molar-refractivity contribution < 1.29 is 9.15 Å². The van der Waals surface area contributed by atoms with Crippen LogP contribution in [0.15, 0.2) is 41.0 Å². The normalized spacial score (nSPS) is 12.4. The van der Waals surface area contributed by atoms with Gasteiger partial charge in [-0.05, 0) is 35.4 Å². The monoisotopic (exact) mass is 252 g/mol. The SMILES string of the molecule is COc1ccc(C(NN)c2ccoc2Cl)cc1. The van der Waals surface area contributed by atoms with Crippen LogP contribution < -0.4 is 16.0 Å². The molecule has 0 saturated heterocycles. The lowest BCUT2D eigenvalue weighted by molar-refractivity contribution is 0.414. The first kappa shape index (κ1) is 12.0. The molecule has 0 radical (unpaired) electrons. The standard InChI is InChI=1S/C12H13ClN2O2/c1-16-9-4-2-8(3-5-9)11(15-14)10-6-7-17-12(10)13/h2-7,11,15H,14H2,1H3. The van der Waals surface area contributed by atoms with Crippen LogP contribution in [0.2, 0.25) is 5.22 Å². The Hall–Kier alpha value is -1.49. The molecule has 90 valence electrons. The van der Waals surface area contributed by atoms with Crippen LogP contribution in [0.3, 0.4) is 0 Å². The molecule has 5 heteroatoms. The third kappa shape index (κ3) is 2.44. The maximum absolute atomic E-state index is 5.93. The van der Waals surface area contributed by atoms with Crippen LogP contribution >= 0.6 is 11.6 Å². The quantitative estimate of drug-likeness (QED) is 0.648. The molecule has 0 fully saturated rings. The number of ether oxygens (including phenoxy) is 1. The van der Waals surface area contributed by atoms with Gasteiger partial charge in [0.1, 0.15) is 5.75 Å². The van der Waals surface area contributed by atoms with Crippen LogP contribution in [0.5, 0.6) is 5.75 Å². The number of rotatable bonds is 4. The number of hydrogen-bond acceptors (Lipinski definition) is 4. The van der Waals surface area contributed by atoms with Crippen molar-refractivity contribution in [1.82, 2.24) is 5.43 Å². The highest BCUT2D eigenvalue weighted by Gasteiger charge is 2.17. The van der Waals surface area contributed by atoms with Crippen LogP contribution in [0, 0.1) is 0 Å². The molecular weight excluding hydrogens is 240 g/mol. The Kier molecular flexibility index (Phi) is 3.68. The van der Waals surface area contributed by atoms with E-state index in [4.69, 9.17) is 26.6 Å². The molecule has 0 aliphatic carbocycles. The highest BCUT2D eigenvalue weighted by atomic mass is 35.5. The number of halogens is 1. The summed E-state index contributed by atoms with van der Waals surface area (Å²) < 4.78 is 10.2. The van der Waals surface area contributed by atoms with Gasteiger partial charge in [0.15, 0.2) is 5.22 Å². The summed E-state index contributed by atoms with van der Waals surface area (Å²) in [6.07, 6.45) is 1.53. The minimum absolute atomic E-state index is 0.202. The van der Waals surface area contributed by atoms with Crippen LogP contribution in [0.1, 0.15) is 17.2 Å². The van der Waals surface area contributed by atoms with Gasteiger partial charge in [-0.1, -0.05) is 12.1 Å². The molecule has 1 aromatic heterocycles. The first-order valence-electron chi connectivity index (χ1n) is 5.09. The molecular formula is C12H13ClN2O2. The van der Waals surface area contributed by atoms with Gasteiger partial charge in [-0.3, -0.25) is 5.84 Å². The Morgan fingerprint density at radius 1 is 1.29 bits per heavy atom. The molecule has 4 nitrogen and oxygen atoms in total. The van der Waals surface area contributed by atoms with Crippen molar-refractivity contribution in [1.29, 1.82) is 0 Å². The third-order valence-corrected chi connectivity index (χ3v) is 2.88. The molecule has 0 spiro atoms.